The van der Waals surface area contributed by atoms with Crippen LogP contribution in [0, 0.1) is 11.6 Å². The highest BCUT2D eigenvalue weighted by Crippen LogP contribution is 2.41. The van der Waals surface area contributed by atoms with Gasteiger partial charge in [-0.15, -0.1) is 0 Å². The summed E-state index contributed by atoms with van der Waals surface area (Å²) in [7, 11) is 0. The lowest BCUT2D eigenvalue weighted by atomic mass is 9.76. The molecule has 3 N–H and O–H groups in total. The van der Waals surface area contributed by atoms with Gasteiger partial charge in [0.05, 0.1) is 11.6 Å². The molecule has 1 unspecified atom stereocenters. The molecule has 1 fully saturated rings. The van der Waals surface area contributed by atoms with Gasteiger partial charge in [-0.3, -0.25) is 11.3 Å². The summed E-state index contributed by atoms with van der Waals surface area (Å²) in [5, 5.41) is 0. The molecule has 0 heterocycles. The molecule has 0 radical (unpaired) electrons. The molecule has 5 heteroatoms. The highest BCUT2D eigenvalue weighted by Gasteiger charge is 2.41. The number of benzene rings is 1. The van der Waals surface area contributed by atoms with Crippen LogP contribution in [0.1, 0.15) is 50.6 Å². The summed E-state index contributed by atoms with van der Waals surface area (Å²) in [6.07, 6.45) is 4.91. The quantitative estimate of drug-likeness (QED) is 0.645. The fourth-order valence-corrected chi connectivity index (χ4v) is 3.25. The second-order valence-corrected chi connectivity index (χ2v) is 5.36. The van der Waals surface area contributed by atoms with Crippen molar-refractivity contribution in [2.75, 3.05) is 6.61 Å². The molecule has 0 spiro atoms. The fraction of sp³-hybridized carbons (Fsp3) is 0.600. The third-order valence-electron chi connectivity index (χ3n) is 4.04. The van der Waals surface area contributed by atoms with Gasteiger partial charge in [0.1, 0.15) is 11.6 Å². The fourth-order valence-electron chi connectivity index (χ4n) is 3.25. The maximum absolute atomic E-state index is 13.5. The summed E-state index contributed by atoms with van der Waals surface area (Å²) < 4.78 is 32.9. The van der Waals surface area contributed by atoms with Crippen LogP contribution in [0.3, 0.4) is 0 Å². The summed E-state index contributed by atoms with van der Waals surface area (Å²) in [4.78, 5) is 0. The zero-order valence-electron chi connectivity index (χ0n) is 11.8. The lowest BCUT2D eigenvalue weighted by Gasteiger charge is -2.43. The van der Waals surface area contributed by atoms with Crippen LogP contribution in [-0.4, -0.2) is 12.2 Å². The van der Waals surface area contributed by atoms with E-state index in [-0.39, 0.29) is 0 Å². The molecular weight excluding hydrogens is 262 g/mol. The third kappa shape index (κ3) is 3.16. The van der Waals surface area contributed by atoms with Crippen molar-refractivity contribution >= 4 is 0 Å². The molecule has 3 nitrogen and oxygen atoms in total. The normalized spacial score (nSPS) is 19.8. The largest absolute Gasteiger partial charge is 0.373 e. The molecule has 1 aliphatic rings. The van der Waals surface area contributed by atoms with Crippen LogP contribution in [0.15, 0.2) is 18.2 Å². The van der Waals surface area contributed by atoms with Gasteiger partial charge in [0, 0.05) is 12.7 Å². The predicted molar refractivity (Wildman–Crippen MR) is 73.9 cm³/mol. The van der Waals surface area contributed by atoms with Crippen molar-refractivity contribution in [2.24, 2.45) is 5.84 Å². The number of nitrogens with one attached hydrogen (secondary N) is 1. The minimum Gasteiger partial charge on any atom is -0.373 e. The Morgan fingerprint density at radius 3 is 2.30 bits per heavy atom. The molecule has 1 aliphatic carbocycles. The summed E-state index contributed by atoms with van der Waals surface area (Å²) in [6.45, 7) is 2.48. The zero-order chi connectivity index (χ0) is 14.6. The van der Waals surface area contributed by atoms with Gasteiger partial charge in [0.2, 0.25) is 0 Å². The summed E-state index contributed by atoms with van der Waals surface area (Å²) in [5.74, 6) is 4.49. The van der Waals surface area contributed by atoms with E-state index >= 15 is 0 Å². The Balaban J connectivity index is 2.36. The van der Waals surface area contributed by atoms with Gasteiger partial charge in [-0.1, -0.05) is 19.3 Å². The number of halogens is 2. The van der Waals surface area contributed by atoms with Gasteiger partial charge in [-0.05, 0) is 37.5 Å². The zero-order valence-corrected chi connectivity index (χ0v) is 11.8. The van der Waals surface area contributed by atoms with E-state index in [0.29, 0.717) is 12.2 Å². The topological polar surface area (TPSA) is 47.3 Å². The van der Waals surface area contributed by atoms with Crippen LogP contribution < -0.4 is 11.3 Å². The highest BCUT2D eigenvalue weighted by atomic mass is 19.1. The van der Waals surface area contributed by atoms with E-state index in [4.69, 9.17) is 10.6 Å². The van der Waals surface area contributed by atoms with E-state index in [1.54, 1.807) is 0 Å². The van der Waals surface area contributed by atoms with Gasteiger partial charge >= 0.3 is 0 Å². The Bertz CT molecular complexity index is 422. The number of rotatable bonds is 5. The minimum atomic E-state index is -0.595. The monoisotopic (exact) mass is 284 g/mol. The Morgan fingerprint density at radius 2 is 1.80 bits per heavy atom. The molecule has 2 rings (SSSR count). The van der Waals surface area contributed by atoms with Crippen LogP contribution >= 0.6 is 0 Å². The third-order valence-corrected chi connectivity index (χ3v) is 4.04. The standard InChI is InChI=1S/C15H22F2N2O/c1-2-20-15(6-4-3-5-7-15)14(19-18)11-8-12(16)10-13(17)9-11/h8-10,14,19H,2-7,18H2,1H3. The number of ether oxygens (including phenoxy) is 1. The van der Waals surface area contributed by atoms with Crippen LogP contribution in [0.5, 0.6) is 0 Å². The lowest BCUT2D eigenvalue weighted by Crippen LogP contribution is -2.49. The highest BCUT2D eigenvalue weighted by molar-refractivity contribution is 5.24. The predicted octanol–water partition coefficient (Wildman–Crippen LogP) is 3.21. The first-order valence-corrected chi connectivity index (χ1v) is 7.17. The van der Waals surface area contributed by atoms with Crippen molar-refractivity contribution in [3.63, 3.8) is 0 Å². The van der Waals surface area contributed by atoms with Crippen molar-refractivity contribution in [1.82, 2.24) is 5.43 Å². The lowest BCUT2D eigenvalue weighted by molar-refractivity contribution is -0.0914. The van der Waals surface area contributed by atoms with Crippen molar-refractivity contribution in [3.05, 3.63) is 35.4 Å². The first kappa shape index (κ1) is 15.4. The van der Waals surface area contributed by atoms with Gasteiger partial charge < -0.3 is 4.74 Å². The van der Waals surface area contributed by atoms with Crippen LogP contribution in [0.4, 0.5) is 8.78 Å². The van der Waals surface area contributed by atoms with E-state index in [9.17, 15) is 8.78 Å². The molecule has 20 heavy (non-hydrogen) atoms. The van der Waals surface area contributed by atoms with Gasteiger partial charge in [-0.25, -0.2) is 8.78 Å². The van der Waals surface area contributed by atoms with Crippen molar-refractivity contribution in [1.29, 1.82) is 0 Å². The van der Waals surface area contributed by atoms with Gasteiger partial charge in [-0.2, -0.15) is 0 Å². The summed E-state index contributed by atoms with van der Waals surface area (Å²) in [5.41, 5.74) is 2.73. The molecule has 1 aromatic carbocycles. The second kappa shape index (κ2) is 6.61. The number of hydrazine groups is 1. The molecule has 0 bridgehead atoms. The average molecular weight is 284 g/mol. The van der Waals surface area contributed by atoms with Crippen LogP contribution in [0.25, 0.3) is 0 Å². The van der Waals surface area contributed by atoms with E-state index < -0.39 is 23.3 Å². The van der Waals surface area contributed by atoms with Crippen LogP contribution in [0.2, 0.25) is 0 Å². The van der Waals surface area contributed by atoms with E-state index in [0.717, 1.165) is 38.2 Å². The Hall–Kier alpha value is -1.04. The number of nitrogens with two attached hydrogens (primary N) is 1. The molecule has 0 amide bonds. The van der Waals surface area contributed by atoms with Gasteiger partial charge in [0.15, 0.2) is 0 Å². The number of hydrogen-bond donors (Lipinski definition) is 2. The minimum absolute atomic E-state index is 0.409. The second-order valence-electron chi connectivity index (χ2n) is 5.36. The van der Waals surface area contributed by atoms with Crippen LogP contribution in [-0.2, 0) is 4.74 Å². The average Bonchev–Trinajstić information content (AvgIpc) is 2.39. The molecule has 1 saturated carbocycles. The van der Waals surface area contributed by atoms with E-state index in [1.807, 2.05) is 6.92 Å². The maximum atomic E-state index is 13.5. The molecule has 1 aromatic rings. The van der Waals surface area contributed by atoms with Crippen molar-refractivity contribution in [3.8, 4) is 0 Å². The van der Waals surface area contributed by atoms with E-state index in [1.165, 1.54) is 12.1 Å². The molecular formula is C15H22F2N2O. The summed E-state index contributed by atoms with van der Waals surface area (Å²) in [6, 6.07) is 3.10. The molecule has 0 saturated heterocycles. The maximum Gasteiger partial charge on any atom is 0.126 e. The van der Waals surface area contributed by atoms with Gasteiger partial charge in [0.25, 0.3) is 0 Å². The Labute approximate surface area is 118 Å². The Morgan fingerprint density at radius 1 is 1.20 bits per heavy atom. The van der Waals surface area contributed by atoms with Crippen molar-refractivity contribution < 1.29 is 13.5 Å². The summed E-state index contributed by atoms with van der Waals surface area (Å²) >= 11 is 0. The molecule has 0 aromatic heterocycles. The Kier molecular flexibility index (Phi) is 5.07. The first-order valence-electron chi connectivity index (χ1n) is 7.17. The SMILES string of the molecule is CCOC1(C(NN)c2cc(F)cc(F)c2)CCCCC1. The first-order chi connectivity index (χ1) is 9.61. The molecule has 0 aliphatic heterocycles. The van der Waals surface area contributed by atoms with Crippen molar-refractivity contribution in [2.45, 2.75) is 50.7 Å². The smallest absolute Gasteiger partial charge is 0.126 e. The number of hydrogen-bond acceptors (Lipinski definition) is 3. The van der Waals surface area contributed by atoms with E-state index in [2.05, 4.69) is 5.43 Å². The molecule has 1 atom stereocenters. The molecule has 112 valence electrons.